The fourth-order valence-electron chi connectivity index (χ4n) is 4.45. The summed E-state index contributed by atoms with van der Waals surface area (Å²) in [6.45, 7) is 4.33. The summed E-state index contributed by atoms with van der Waals surface area (Å²) in [5.74, 6) is 1.14. The van der Waals surface area contributed by atoms with Gasteiger partial charge in [-0.1, -0.05) is 44.4 Å². The number of unbranched alkanes of at least 4 members (excludes halogenated alkanes) is 1. The number of nitrogens with zero attached hydrogens (tertiary/aromatic N) is 2. The maximum Gasteiger partial charge on any atom is 0.227 e. The summed E-state index contributed by atoms with van der Waals surface area (Å²) in [7, 11) is 0. The highest BCUT2D eigenvalue weighted by atomic mass is 16.1. The van der Waals surface area contributed by atoms with Gasteiger partial charge in [-0.05, 0) is 62.3 Å². The molecule has 4 rings (SSSR count). The first-order valence-corrected chi connectivity index (χ1v) is 11.0. The van der Waals surface area contributed by atoms with Gasteiger partial charge in [0.05, 0.1) is 5.69 Å². The molecule has 2 heterocycles. The molecule has 1 saturated carbocycles. The molecule has 0 aliphatic heterocycles. The van der Waals surface area contributed by atoms with Gasteiger partial charge in [0, 0.05) is 29.6 Å². The normalized spacial score (nSPS) is 19.4. The predicted octanol–water partition coefficient (Wildman–Crippen LogP) is 6.24. The van der Waals surface area contributed by atoms with E-state index in [-0.39, 0.29) is 11.8 Å². The Morgan fingerprint density at radius 1 is 1.14 bits per heavy atom. The van der Waals surface area contributed by atoms with Gasteiger partial charge in [-0.25, -0.2) is 4.98 Å². The van der Waals surface area contributed by atoms with Crippen LogP contribution in [0.25, 0.3) is 16.9 Å². The van der Waals surface area contributed by atoms with Crippen molar-refractivity contribution in [2.45, 2.75) is 58.8 Å². The number of carbonyl (C=O) groups excluding carboxylic acids is 1. The first-order valence-electron chi connectivity index (χ1n) is 11.0. The lowest BCUT2D eigenvalue weighted by molar-refractivity contribution is -0.121. The van der Waals surface area contributed by atoms with Crippen molar-refractivity contribution in [3.63, 3.8) is 0 Å². The first-order chi connectivity index (χ1) is 14.1. The van der Waals surface area contributed by atoms with Gasteiger partial charge in [0.15, 0.2) is 0 Å². The number of amides is 1. The Hall–Kier alpha value is -2.62. The summed E-state index contributed by atoms with van der Waals surface area (Å²) in [6.07, 6.45) is 12.5. The van der Waals surface area contributed by atoms with Crippen molar-refractivity contribution >= 4 is 17.2 Å². The van der Waals surface area contributed by atoms with E-state index >= 15 is 0 Å². The van der Waals surface area contributed by atoms with E-state index in [0.717, 1.165) is 41.4 Å². The molecule has 1 fully saturated rings. The van der Waals surface area contributed by atoms with E-state index in [0.29, 0.717) is 0 Å². The van der Waals surface area contributed by atoms with E-state index in [1.165, 1.54) is 37.7 Å². The van der Waals surface area contributed by atoms with Gasteiger partial charge < -0.3 is 9.72 Å². The number of rotatable bonds is 6. The highest BCUT2D eigenvalue weighted by Gasteiger charge is 2.26. The molecular weight excluding hydrogens is 358 g/mol. The largest absolute Gasteiger partial charge is 0.326 e. The molecule has 0 spiro atoms. The van der Waals surface area contributed by atoms with Crippen molar-refractivity contribution < 1.29 is 4.79 Å². The quantitative estimate of drug-likeness (QED) is 0.542. The number of nitrogens with one attached hydrogen (secondary N) is 1. The standard InChI is InChI=1S/C25H31N3O/c1-3-4-6-19-10-12-20(13-11-19)25(29)26-22-8-5-7-21(15-22)23-17-28-16-18(2)9-14-24(28)27-23/h5,7-9,14-17,19-20H,3-4,6,10-13H2,1-2H3,(H,26,29). The summed E-state index contributed by atoms with van der Waals surface area (Å²) < 4.78 is 2.05. The molecule has 4 heteroatoms. The van der Waals surface area contributed by atoms with E-state index < -0.39 is 0 Å². The van der Waals surface area contributed by atoms with Gasteiger partial charge in [0.2, 0.25) is 5.91 Å². The van der Waals surface area contributed by atoms with Crippen LogP contribution in [0.4, 0.5) is 5.69 Å². The third-order valence-electron chi connectivity index (χ3n) is 6.21. The van der Waals surface area contributed by atoms with Crippen molar-refractivity contribution in [2.75, 3.05) is 5.32 Å². The second-order valence-electron chi connectivity index (χ2n) is 8.53. The molecular formula is C25H31N3O. The SMILES string of the molecule is CCCCC1CCC(C(=O)Nc2cccc(-c3cn4cc(C)ccc4n3)c2)CC1. The van der Waals surface area contributed by atoms with Gasteiger partial charge in [-0.2, -0.15) is 0 Å². The Morgan fingerprint density at radius 3 is 2.76 bits per heavy atom. The lowest BCUT2D eigenvalue weighted by atomic mass is 9.79. The van der Waals surface area contributed by atoms with Crippen LogP contribution >= 0.6 is 0 Å². The zero-order valence-electron chi connectivity index (χ0n) is 17.5. The molecule has 2 aromatic heterocycles. The topological polar surface area (TPSA) is 46.4 Å². The van der Waals surface area contributed by atoms with Crippen LogP contribution in [0.15, 0.2) is 48.8 Å². The number of fused-ring (bicyclic) bond motifs is 1. The molecule has 0 atom stereocenters. The number of pyridine rings is 1. The van der Waals surface area contributed by atoms with Crippen LogP contribution in [0.1, 0.15) is 57.4 Å². The number of imidazole rings is 1. The minimum absolute atomic E-state index is 0.148. The van der Waals surface area contributed by atoms with E-state index in [9.17, 15) is 4.79 Å². The summed E-state index contributed by atoms with van der Waals surface area (Å²) in [4.78, 5) is 17.5. The number of benzene rings is 1. The molecule has 0 bridgehead atoms. The van der Waals surface area contributed by atoms with Crippen LogP contribution in [0.2, 0.25) is 0 Å². The number of aromatic nitrogens is 2. The maximum atomic E-state index is 12.8. The molecule has 3 aromatic rings. The zero-order chi connectivity index (χ0) is 20.2. The van der Waals surface area contributed by atoms with Crippen LogP contribution < -0.4 is 5.32 Å². The monoisotopic (exact) mass is 389 g/mol. The fourth-order valence-corrected chi connectivity index (χ4v) is 4.45. The van der Waals surface area contributed by atoms with E-state index in [4.69, 9.17) is 4.98 Å². The van der Waals surface area contributed by atoms with Gasteiger partial charge >= 0.3 is 0 Å². The number of hydrogen-bond acceptors (Lipinski definition) is 2. The minimum atomic E-state index is 0.148. The van der Waals surface area contributed by atoms with Crippen LogP contribution in [-0.4, -0.2) is 15.3 Å². The number of hydrogen-bond donors (Lipinski definition) is 1. The third-order valence-corrected chi connectivity index (χ3v) is 6.21. The average Bonchev–Trinajstić information content (AvgIpc) is 3.16. The van der Waals surface area contributed by atoms with E-state index in [2.05, 4.69) is 31.4 Å². The van der Waals surface area contributed by atoms with Crippen molar-refractivity contribution in [1.82, 2.24) is 9.38 Å². The summed E-state index contributed by atoms with van der Waals surface area (Å²) in [5, 5.41) is 3.15. The third kappa shape index (κ3) is 4.69. The van der Waals surface area contributed by atoms with E-state index in [1.807, 2.05) is 40.9 Å². The molecule has 4 nitrogen and oxygen atoms in total. The Bertz CT molecular complexity index is 983. The van der Waals surface area contributed by atoms with Crippen molar-refractivity contribution in [3.05, 3.63) is 54.4 Å². The Morgan fingerprint density at radius 2 is 1.97 bits per heavy atom. The molecule has 1 aromatic carbocycles. The molecule has 0 saturated heterocycles. The minimum Gasteiger partial charge on any atom is -0.326 e. The Labute approximate surface area is 173 Å². The van der Waals surface area contributed by atoms with Gasteiger partial charge in [-0.3, -0.25) is 4.79 Å². The predicted molar refractivity (Wildman–Crippen MR) is 119 cm³/mol. The van der Waals surface area contributed by atoms with Crippen LogP contribution in [0.3, 0.4) is 0 Å². The molecule has 29 heavy (non-hydrogen) atoms. The maximum absolute atomic E-state index is 12.8. The Balaban J connectivity index is 1.41. The summed E-state index contributed by atoms with van der Waals surface area (Å²) in [6, 6.07) is 12.1. The average molecular weight is 390 g/mol. The fraction of sp³-hybridized carbons (Fsp3) is 0.440. The second kappa shape index (κ2) is 8.81. The number of aryl methyl sites for hydroxylation is 1. The van der Waals surface area contributed by atoms with Crippen LogP contribution in [0, 0.1) is 18.8 Å². The van der Waals surface area contributed by atoms with Gasteiger partial charge in [-0.15, -0.1) is 0 Å². The number of carbonyl (C=O) groups is 1. The zero-order valence-corrected chi connectivity index (χ0v) is 17.5. The second-order valence-corrected chi connectivity index (χ2v) is 8.53. The molecule has 1 amide bonds. The highest BCUT2D eigenvalue weighted by molar-refractivity contribution is 5.93. The highest BCUT2D eigenvalue weighted by Crippen LogP contribution is 2.33. The summed E-state index contributed by atoms with van der Waals surface area (Å²) >= 11 is 0. The molecule has 0 radical (unpaired) electrons. The van der Waals surface area contributed by atoms with Crippen molar-refractivity contribution in [3.8, 4) is 11.3 Å². The van der Waals surface area contributed by atoms with Crippen molar-refractivity contribution in [1.29, 1.82) is 0 Å². The Kier molecular flexibility index (Phi) is 5.98. The molecule has 152 valence electrons. The lowest BCUT2D eigenvalue weighted by Gasteiger charge is -2.27. The lowest BCUT2D eigenvalue weighted by Crippen LogP contribution is -2.27. The van der Waals surface area contributed by atoms with Gasteiger partial charge in [0.1, 0.15) is 5.65 Å². The van der Waals surface area contributed by atoms with Gasteiger partial charge in [0.25, 0.3) is 0 Å². The smallest absolute Gasteiger partial charge is 0.227 e. The van der Waals surface area contributed by atoms with Crippen LogP contribution in [0.5, 0.6) is 0 Å². The van der Waals surface area contributed by atoms with Crippen LogP contribution in [-0.2, 0) is 4.79 Å². The van der Waals surface area contributed by atoms with Crippen molar-refractivity contribution in [2.24, 2.45) is 11.8 Å². The molecule has 1 N–H and O–H groups in total. The molecule has 1 aliphatic carbocycles. The molecule has 1 aliphatic rings. The number of anilines is 1. The first kappa shape index (κ1) is 19.7. The summed E-state index contributed by atoms with van der Waals surface area (Å²) in [5.41, 5.74) is 4.93. The molecule has 0 unspecified atom stereocenters. The van der Waals surface area contributed by atoms with E-state index in [1.54, 1.807) is 0 Å².